The molecular weight excluding hydrogens is 240 g/mol. The molecule has 0 aliphatic heterocycles. The highest BCUT2D eigenvalue weighted by Crippen LogP contribution is 2.29. The van der Waals surface area contributed by atoms with Gasteiger partial charge in [0.2, 0.25) is 11.2 Å². The van der Waals surface area contributed by atoms with Gasteiger partial charge in [-0.15, -0.1) is 0 Å². The highest BCUT2D eigenvalue weighted by Gasteiger charge is 2.26. The predicted octanol–water partition coefficient (Wildman–Crippen LogP) is 2.45. The van der Waals surface area contributed by atoms with Gasteiger partial charge in [-0.05, 0) is 43.2 Å². The zero-order valence-corrected chi connectivity index (χ0v) is 10.7. The van der Waals surface area contributed by atoms with Crippen LogP contribution in [-0.2, 0) is 0 Å². The van der Waals surface area contributed by atoms with E-state index in [9.17, 15) is 0 Å². The third-order valence-corrected chi connectivity index (χ3v) is 3.39. The van der Waals surface area contributed by atoms with Crippen LogP contribution in [0.1, 0.15) is 39.0 Å². The molecule has 6 heteroatoms. The lowest BCUT2D eigenvalue weighted by Gasteiger charge is -2.30. The van der Waals surface area contributed by atoms with Gasteiger partial charge in [-0.1, -0.05) is 13.3 Å². The summed E-state index contributed by atoms with van der Waals surface area (Å²) in [6, 6.07) is 0.243. The highest BCUT2D eigenvalue weighted by atomic mass is 35.5. The molecule has 2 unspecified atom stereocenters. The lowest BCUT2D eigenvalue weighted by molar-refractivity contribution is 0.0809. The van der Waals surface area contributed by atoms with Gasteiger partial charge in [-0.3, -0.25) is 0 Å². The van der Waals surface area contributed by atoms with Crippen LogP contribution in [-0.4, -0.2) is 21.1 Å². The summed E-state index contributed by atoms with van der Waals surface area (Å²) in [6.07, 6.45) is 6.00. The van der Waals surface area contributed by atoms with Crippen molar-refractivity contribution in [3.05, 3.63) is 5.28 Å². The number of rotatable bonds is 3. The Morgan fingerprint density at radius 2 is 2.06 bits per heavy atom. The monoisotopic (exact) mass is 256 g/mol. The summed E-state index contributed by atoms with van der Waals surface area (Å²) in [5.41, 5.74) is 5.51. The van der Waals surface area contributed by atoms with Crippen LogP contribution >= 0.6 is 11.6 Å². The molecule has 1 fully saturated rings. The summed E-state index contributed by atoms with van der Waals surface area (Å²) >= 11 is 5.72. The van der Waals surface area contributed by atoms with Crippen LogP contribution in [0.4, 0.5) is 5.95 Å². The van der Waals surface area contributed by atoms with E-state index in [0.717, 1.165) is 12.8 Å². The van der Waals surface area contributed by atoms with E-state index in [1.54, 1.807) is 0 Å². The lowest BCUT2D eigenvalue weighted by atomic mass is 9.85. The molecule has 5 nitrogen and oxygen atoms in total. The van der Waals surface area contributed by atoms with Gasteiger partial charge in [0.1, 0.15) is 6.10 Å². The van der Waals surface area contributed by atoms with Gasteiger partial charge in [0.05, 0.1) is 0 Å². The van der Waals surface area contributed by atoms with Crippen LogP contribution < -0.4 is 10.5 Å². The quantitative estimate of drug-likeness (QED) is 0.899. The van der Waals surface area contributed by atoms with E-state index in [1.165, 1.54) is 19.3 Å². The normalized spacial score (nSPS) is 24.6. The van der Waals surface area contributed by atoms with Crippen LogP contribution in [0, 0.1) is 5.92 Å². The van der Waals surface area contributed by atoms with Crippen molar-refractivity contribution in [3.63, 3.8) is 0 Å². The number of nitrogens with two attached hydrogens (primary N) is 1. The first-order valence-corrected chi connectivity index (χ1v) is 6.40. The molecule has 0 aromatic carbocycles. The second-order valence-electron chi connectivity index (χ2n) is 4.35. The molecule has 1 aliphatic carbocycles. The van der Waals surface area contributed by atoms with Crippen LogP contribution in [0.3, 0.4) is 0 Å². The first kappa shape index (κ1) is 12.4. The first-order valence-electron chi connectivity index (χ1n) is 6.02. The van der Waals surface area contributed by atoms with E-state index in [2.05, 4.69) is 21.9 Å². The van der Waals surface area contributed by atoms with Crippen molar-refractivity contribution in [2.24, 2.45) is 5.92 Å². The summed E-state index contributed by atoms with van der Waals surface area (Å²) in [4.78, 5) is 11.6. The number of aromatic nitrogens is 3. The lowest BCUT2D eigenvalue weighted by Crippen LogP contribution is -2.30. The van der Waals surface area contributed by atoms with Crippen molar-refractivity contribution in [2.75, 3.05) is 5.73 Å². The van der Waals surface area contributed by atoms with Crippen molar-refractivity contribution < 1.29 is 4.74 Å². The Labute approximate surface area is 106 Å². The Bertz CT molecular complexity index is 367. The minimum absolute atomic E-state index is 0.0800. The molecule has 2 rings (SSSR count). The summed E-state index contributed by atoms with van der Waals surface area (Å²) < 4.78 is 5.79. The maximum atomic E-state index is 5.79. The first-order chi connectivity index (χ1) is 8.19. The number of anilines is 1. The van der Waals surface area contributed by atoms with Crippen molar-refractivity contribution in [2.45, 2.75) is 45.1 Å². The topological polar surface area (TPSA) is 73.9 Å². The van der Waals surface area contributed by atoms with Crippen LogP contribution in [0.5, 0.6) is 6.01 Å². The van der Waals surface area contributed by atoms with Gasteiger partial charge < -0.3 is 10.5 Å². The number of nitrogen functional groups attached to an aromatic ring is 1. The Kier molecular flexibility index (Phi) is 3.99. The Balaban J connectivity index is 2.08. The molecule has 1 saturated carbocycles. The summed E-state index contributed by atoms with van der Waals surface area (Å²) in [5.74, 6) is 0.671. The maximum absolute atomic E-state index is 5.79. The molecule has 0 bridgehead atoms. The van der Waals surface area contributed by atoms with Gasteiger partial charge in [0.25, 0.3) is 0 Å². The molecule has 0 amide bonds. The standard InChI is InChI=1S/C11H17ClN4O/c1-2-7-5-3-4-6-8(7)17-11-15-9(12)14-10(13)16-11/h7-8H,2-6H2,1H3,(H2,13,14,15,16). The average molecular weight is 257 g/mol. The molecule has 0 saturated heterocycles. The minimum atomic E-state index is 0.0800. The number of ether oxygens (including phenoxy) is 1. The van der Waals surface area contributed by atoms with Gasteiger partial charge in [-0.25, -0.2) is 0 Å². The fourth-order valence-corrected chi connectivity index (χ4v) is 2.49. The molecule has 94 valence electrons. The summed E-state index contributed by atoms with van der Waals surface area (Å²) in [6.45, 7) is 2.18. The highest BCUT2D eigenvalue weighted by molar-refractivity contribution is 6.28. The number of hydrogen-bond donors (Lipinski definition) is 1. The predicted molar refractivity (Wildman–Crippen MR) is 65.9 cm³/mol. The number of hydrogen-bond acceptors (Lipinski definition) is 5. The second-order valence-corrected chi connectivity index (χ2v) is 4.69. The smallest absolute Gasteiger partial charge is 0.322 e. The van der Waals surface area contributed by atoms with Crippen LogP contribution in [0.2, 0.25) is 5.28 Å². The van der Waals surface area contributed by atoms with Crippen molar-refractivity contribution in [1.29, 1.82) is 0 Å². The van der Waals surface area contributed by atoms with E-state index >= 15 is 0 Å². The molecular formula is C11H17ClN4O. The fraction of sp³-hybridized carbons (Fsp3) is 0.727. The second kappa shape index (κ2) is 5.49. The van der Waals surface area contributed by atoms with Crippen molar-refractivity contribution in [1.82, 2.24) is 15.0 Å². The average Bonchev–Trinajstić information content (AvgIpc) is 2.28. The molecule has 1 heterocycles. The van der Waals surface area contributed by atoms with E-state index in [4.69, 9.17) is 22.1 Å². The molecule has 1 aromatic heterocycles. The third kappa shape index (κ3) is 3.19. The number of halogens is 1. The van der Waals surface area contributed by atoms with Crippen LogP contribution in [0.15, 0.2) is 0 Å². The summed E-state index contributed by atoms with van der Waals surface area (Å²) in [7, 11) is 0. The van der Waals surface area contributed by atoms with Gasteiger partial charge in [0.15, 0.2) is 0 Å². The van der Waals surface area contributed by atoms with Crippen LogP contribution in [0.25, 0.3) is 0 Å². The Morgan fingerprint density at radius 1 is 1.29 bits per heavy atom. The fourth-order valence-electron chi connectivity index (χ4n) is 2.33. The van der Waals surface area contributed by atoms with Gasteiger partial charge >= 0.3 is 6.01 Å². The Morgan fingerprint density at radius 3 is 2.76 bits per heavy atom. The van der Waals surface area contributed by atoms with E-state index in [-0.39, 0.29) is 23.3 Å². The van der Waals surface area contributed by atoms with Crippen molar-refractivity contribution in [3.8, 4) is 6.01 Å². The van der Waals surface area contributed by atoms with Crippen molar-refractivity contribution >= 4 is 17.5 Å². The number of nitrogens with zero attached hydrogens (tertiary/aromatic N) is 3. The molecule has 0 spiro atoms. The largest absolute Gasteiger partial charge is 0.460 e. The summed E-state index contributed by atoms with van der Waals surface area (Å²) in [5, 5.41) is 0.0800. The zero-order chi connectivity index (χ0) is 12.3. The SMILES string of the molecule is CCC1CCCCC1Oc1nc(N)nc(Cl)n1. The molecule has 1 aliphatic rings. The van der Waals surface area contributed by atoms with E-state index in [1.807, 2.05) is 0 Å². The van der Waals surface area contributed by atoms with Gasteiger partial charge in [-0.2, -0.15) is 15.0 Å². The molecule has 1 aromatic rings. The molecule has 2 N–H and O–H groups in total. The molecule has 2 atom stereocenters. The van der Waals surface area contributed by atoms with E-state index in [0.29, 0.717) is 5.92 Å². The van der Waals surface area contributed by atoms with Gasteiger partial charge in [0, 0.05) is 0 Å². The maximum Gasteiger partial charge on any atom is 0.322 e. The molecule has 17 heavy (non-hydrogen) atoms. The molecule has 0 radical (unpaired) electrons. The van der Waals surface area contributed by atoms with E-state index < -0.39 is 0 Å². The third-order valence-electron chi connectivity index (χ3n) is 3.23. The minimum Gasteiger partial charge on any atom is -0.460 e. The Hall–Kier alpha value is -1.10. The zero-order valence-electron chi connectivity index (χ0n) is 9.90.